The summed E-state index contributed by atoms with van der Waals surface area (Å²) in [6, 6.07) is -0.354. The number of carbonyl (C=O) groups is 1. The van der Waals surface area contributed by atoms with Crippen LogP contribution in [0.5, 0.6) is 0 Å². The topological polar surface area (TPSA) is 80.0 Å². The van der Waals surface area contributed by atoms with Crippen molar-refractivity contribution in [3.8, 4) is 0 Å². The average molecular weight is 294 g/mol. The van der Waals surface area contributed by atoms with Gasteiger partial charge in [-0.2, -0.15) is 4.98 Å². The van der Waals surface area contributed by atoms with E-state index in [0.717, 1.165) is 19.4 Å². The summed E-state index contributed by atoms with van der Waals surface area (Å²) in [6.45, 7) is 6.69. The molecule has 2 N–H and O–H groups in total. The summed E-state index contributed by atoms with van der Waals surface area (Å²) in [7, 11) is 0. The normalized spacial score (nSPS) is 18.4. The van der Waals surface area contributed by atoms with Gasteiger partial charge in [-0.25, -0.2) is 4.79 Å². The zero-order valence-electron chi connectivity index (χ0n) is 13.2. The predicted octanol–water partition coefficient (Wildman–Crippen LogP) is 3.10. The van der Waals surface area contributed by atoms with Gasteiger partial charge in [-0.15, -0.1) is 0 Å². The van der Waals surface area contributed by atoms with Gasteiger partial charge in [-0.05, 0) is 31.1 Å². The van der Waals surface area contributed by atoms with Crippen molar-refractivity contribution in [3.05, 3.63) is 11.7 Å². The van der Waals surface area contributed by atoms with Crippen LogP contribution in [0.2, 0.25) is 0 Å². The van der Waals surface area contributed by atoms with Crippen LogP contribution in [0.15, 0.2) is 4.52 Å². The first kappa shape index (κ1) is 15.8. The van der Waals surface area contributed by atoms with Crippen molar-refractivity contribution in [1.82, 2.24) is 20.8 Å². The molecule has 1 atom stereocenters. The van der Waals surface area contributed by atoms with Gasteiger partial charge in [0.05, 0.1) is 6.04 Å². The third-order valence-corrected chi connectivity index (χ3v) is 4.61. The van der Waals surface area contributed by atoms with Crippen molar-refractivity contribution in [2.45, 2.75) is 65.3 Å². The molecule has 2 amide bonds. The van der Waals surface area contributed by atoms with E-state index in [-0.39, 0.29) is 12.1 Å². The molecule has 1 unspecified atom stereocenters. The Kier molecular flexibility index (Phi) is 5.20. The third-order valence-electron chi connectivity index (χ3n) is 4.61. The number of aryl methyl sites for hydroxylation is 1. The molecule has 1 aromatic rings. The van der Waals surface area contributed by atoms with E-state index in [1.807, 2.05) is 6.92 Å². The second-order valence-corrected chi connectivity index (χ2v) is 6.02. The van der Waals surface area contributed by atoms with Crippen molar-refractivity contribution in [2.24, 2.45) is 5.41 Å². The molecule has 1 saturated carbocycles. The van der Waals surface area contributed by atoms with Gasteiger partial charge in [0.15, 0.2) is 5.82 Å². The van der Waals surface area contributed by atoms with E-state index in [9.17, 15) is 4.79 Å². The number of nitrogens with zero attached hydrogens (tertiary/aromatic N) is 2. The molecule has 1 aliphatic rings. The lowest BCUT2D eigenvalue weighted by Gasteiger charge is -2.28. The second-order valence-electron chi connectivity index (χ2n) is 6.02. The molecular formula is C15H26N4O2. The van der Waals surface area contributed by atoms with Gasteiger partial charge in [0, 0.05) is 13.5 Å². The highest BCUT2D eigenvalue weighted by Gasteiger charge is 2.32. The fraction of sp³-hybridized carbons (Fsp3) is 0.800. The first-order valence-corrected chi connectivity index (χ1v) is 7.93. The molecular weight excluding hydrogens is 268 g/mol. The van der Waals surface area contributed by atoms with E-state index in [4.69, 9.17) is 4.52 Å². The Labute approximate surface area is 126 Å². The summed E-state index contributed by atoms with van der Waals surface area (Å²) < 4.78 is 4.97. The number of carbonyl (C=O) groups excluding carboxylic acids is 1. The van der Waals surface area contributed by atoms with Crippen LogP contribution in [-0.2, 0) is 0 Å². The molecule has 1 heterocycles. The molecule has 2 rings (SSSR count). The van der Waals surface area contributed by atoms with E-state index < -0.39 is 0 Å². The number of amides is 2. The molecule has 0 spiro atoms. The number of aromatic nitrogens is 2. The highest BCUT2D eigenvalue weighted by Crippen LogP contribution is 2.40. The van der Waals surface area contributed by atoms with Crippen molar-refractivity contribution in [1.29, 1.82) is 0 Å². The maximum Gasteiger partial charge on any atom is 0.315 e. The van der Waals surface area contributed by atoms with Crippen LogP contribution >= 0.6 is 0 Å². The summed E-state index contributed by atoms with van der Waals surface area (Å²) in [6.07, 6.45) is 6.82. The molecule has 0 aromatic carbocycles. The number of hydrogen-bond acceptors (Lipinski definition) is 4. The number of nitrogens with one attached hydrogen (secondary N) is 2. The van der Waals surface area contributed by atoms with E-state index in [0.29, 0.717) is 17.1 Å². The minimum atomic E-state index is -0.205. The zero-order valence-corrected chi connectivity index (χ0v) is 13.2. The van der Waals surface area contributed by atoms with Crippen molar-refractivity contribution >= 4 is 6.03 Å². The molecule has 0 saturated heterocycles. The largest absolute Gasteiger partial charge is 0.340 e. The van der Waals surface area contributed by atoms with E-state index in [1.54, 1.807) is 6.92 Å². The first-order valence-electron chi connectivity index (χ1n) is 7.93. The van der Waals surface area contributed by atoms with E-state index in [2.05, 4.69) is 27.7 Å². The minimum absolute atomic E-state index is 0.149. The van der Waals surface area contributed by atoms with Crippen LogP contribution in [-0.4, -0.2) is 22.7 Å². The Balaban J connectivity index is 1.85. The highest BCUT2D eigenvalue weighted by atomic mass is 16.5. The predicted molar refractivity (Wildman–Crippen MR) is 79.8 cm³/mol. The van der Waals surface area contributed by atoms with Gasteiger partial charge in [0.25, 0.3) is 0 Å². The van der Waals surface area contributed by atoms with Gasteiger partial charge in [0.1, 0.15) is 0 Å². The van der Waals surface area contributed by atoms with Gasteiger partial charge >= 0.3 is 6.03 Å². The Morgan fingerprint density at radius 2 is 2.10 bits per heavy atom. The summed E-state index contributed by atoms with van der Waals surface area (Å²) >= 11 is 0. The molecule has 1 aliphatic carbocycles. The van der Waals surface area contributed by atoms with Crippen LogP contribution in [0.3, 0.4) is 0 Å². The van der Waals surface area contributed by atoms with Crippen LogP contribution in [0.25, 0.3) is 0 Å². The minimum Gasteiger partial charge on any atom is -0.340 e. The fourth-order valence-corrected chi connectivity index (χ4v) is 3.06. The van der Waals surface area contributed by atoms with Gasteiger partial charge in [0.2, 0.25) is 5.89 Å². The molecule has 0 bridgehead atoms. The molecule has 21 heavy (non-hydrogen) atoms. The lowest BCUT2D eigenvalue weighted by atomic mass is 9.83. The van der Waals surface area contributed by atoms with Crippen LogP contribution < -0.4 is 10.6 Å². The summed E-state index contributed by atoms with van der Waals surface area (Å²) in [5.74, 6) is 1.05. The lowest BCUT2D eigenvalue weighted by molar-refractivity contribution is 0.220. The van der Waals surface area contributed by atoms with Crippen molar-refractivity contribution in [3.63, 3.8) is 0 Å². The number of urea groups is 1. The SMILES string of the molecule is CCC(NC(=O)NCC1(CC)CCCC1)c1noc(C)n1. The Morgan fingerprint density at radius 3 is 2.62 bits per heavy atom. The Morgan fingerprint density at radius 1 is 1.38 bits per heavy atom. The molecule has 1 fully saturated rings. The zero-order chi connectivity index (χ0) is 15.3. The lowest BCUT2D eigenvalue weighted by Crippen LogP contribution is -2.43. The number of rotatable bonds is 6. The molecule has 0 aliphatic heterocycles. The highest BCUT2D eigenvalue weighted by molar-refractivity contribution is 5.74. The third kappa shape index (κ3) is 3.95. The van der Waals surface area contributed by atoms with Crippen molar-refractivity contribution in [2.75, 3.05) is 6.54 Å². The summed E-state index contributed by atoms with van der Waals surface area (Å²) in [5, 5.41) is 9.83. The Hall–Kier alpha value is -1.59. The average Bonchev–Trinajstić information content (AvgIpc) is 3.12. The monoisotopic (exact) mass is 294 g/mol. The smallest absolute Gasteiger partial charge is 0.315 e. The molecule has 0 radical (unpaired) electrons. The summed E-state index contributed by atoms with van der Waals surface area (Å²) in [5.41, 5.74) is 0.293. The fourth-order valence-electron chi connectivity index (χ4n) is 3.06. The first-order chi connectivity index (χ1) is 10.1. The van der Waals surface area contributed by atoms with Crippen LogP contribution in [0, 0.1) is 12.3 Å². The van der Waals surface area contributed by atoms with E-state index in [1.165, 1.54) is 25.7 Å². The summed E-state index contributed by atoms with van der Waals surface area (Å²) in [4.78, 5) is 16.3. The van der Waals surface area contributed by atoms with Crippen LogP contribution in [0.4, 0.5) is 4.79 Å². The maximum atomic E-state index is 12.1. The standard InChI is InChI=1S/C15H26N4O2/c1-4-12(13-17-11(3)21-19-13)18-14(20)16-10-15(5-2)8-6-7-9-15/h12H,4-10H2,1-3H3,(H2,16,18,20). The second kappa shape index (κ2) is 6.91. The van der Waals surface area contributed by atoms with Gasteiger partial charge in [-0.3, -0.25) is 0 Å². The molecule has 118 valence electrons. The van der Waals surface area contributed by atoms with Crippen LogP contribution in [0.1, 0.15) is 70.1 Å². The number of hydrogen-bond donors (Lipinski definition) is 2. The Bertz CT molecular complexity index is 466. The molecule has 1 aromatic heterocycles. The molecule has 6 nitrogen and oxygen atoms in total. The quantitative estimate of drug-likeness (QED) is 0.845. The maximum absolute atomic E-state index is 12.1. The van der Waals surface area contributed by atoms with Crippen molar-refractivity contribution < 1.29 is 9.32 Å². The van der Waals surface area contributed by atoms with Gasteiger partial charge in [-0.1, -0.05) is 31.8 Å². The molecule has 6 heteroatoms. The van der Waals surface area contributed by atoms with E-state index >= 15 is 0 Å². The van der Waals surface area contributed by atoms with Gasteiger partial charge < -0.3 is 15.2 Å².